The van der Waals surface area contributed by atoms with E-state index < -0.39 is 0 Å². The van der Waals surface area contributed by atoms with Crippen molar-refractivity contribution in [1.29, 1.82) is 0 Å². The fourth-order valence-corrected chi connectivity index (χ4v) is 3.98. The van der Waals surface area contributed by atoms with Crippen molar-refractivity contribution in [3.8, 4) is 0 Å². The highest BCUT2D eigenvalue weighted by Crippen LogP contribution is 2.28. The third kappa shape index (κ3) is 3.39. The highest BCUT2D eigenvalue weighted by molar-refractivity contribution is 9.10. The van der Waals surface area contributed by atoms with Crippen molar-refractivity contribution in [2.75, 3.05) is 26.2 Å². The Bertz CT molecular complexity index is 930. The molecule has 1 N–H and O–H groups in total. The zero-order valence-corrected chi connectivity index (χ0v) is 15.8. The Balaban J connectivity index is 1.41. The zero-order valence-electron chi connectivity index (χ0n) is 14.2. The van der Waals surface area contributed by atoms with E-state index in [1.54, 1.807) is 0 Å². The second kappa shape index (κ2) is 7.21. The first kappa shape index (κ1) is 17.2. The number of halogens is 2. The second-order valence-electron chi connectivity index (χ2n) is 6.55. The Hall–Kier alpha value is -2.18. The smallest absolute Gasteiger partial charge is 0.271 e. The Morgan fingerprint density at radius 1 is 1.04 bits per heavy atom. The summed E-state index contributed by atoms with van der Waals surface area (Å²) in [4.78, 5) is 20.3. The molecule has 1 fully saturated rings. The molecule has 4 rings (SSSR count). The van der Waals surface area contributed by atoms with Crippen molar-refractivity contribution in [2.24, 2.45) is 0 Å². The van der Waals surface area contributed by atoms with Gasteiger partial charge in [-0.3, -0.25) is 9.69 Å². The number of carbonyl (C=O) groups is 1. The number of carbonyl (C=O) groups excluding carboxylic acids is 1. The van der Waals surface area contributed by atoms with Gasteiger partial charge in [0.05, 0.1) is 4.47 Å². The molecule has 3 aromatic rings. The standard InChI is InChI=1S/C20H19BrFN3O/c21-18-16-3-1-2-4-17(16)23-19(18)20(26)25-11-9-24(10-12-25)13-14-5-7-15(22)8-6-14/h1-8,23H,9-13H2. The van der Waals surface area contributed by atoms with Crippen molar-refractivity contribution in [3.05, 3.63) is 70.1 Å². The van der Waals surface area contributed by atoms with Crippen LogP contribution in [0.3, 0.4) is 0 Å². The zero-order chi connectivity index (χ0) is 18.1. The molecule has 0 bridgehead atoms. The molecule has 2 heterocycles. The summed E-state index contributed by atoms with van der Waals surface area (Å²) in [7, 11) is 0. The van der Waals surface area contributed by atoms with E-state index in [4.69, 9.17) is 0 Å². The van der Waals surface area contributed by atoms with E-state index >= 15 is 0 Å². The van der Waals surface area contributed by atoms with Gasteiger partial charge >= 0.3 is 0 Å². The van der Waals surface area contributed by atoms with Crippen LogP contribution < -0.4 is 0 Å². The van der Waals surface area contributed by atoms with E-state index in [0.29, 0.717) is 18.8 Å². The van der Waals surface area contributed by atoms with Crippen LogP contribution in [-0.2, 0) is 6.54 Å². The molecule has 6 heteroatoms. The topological polar surface area (TPSA) is 39.3 Å². The number of hydrogen-bond donors (Lipinski definition) is 1. The normalized spacial score (nSPS) is 15.5. The summed E-state index contributed by atoms with van der Waals surface area (Å²) < 4.78 is 13.8. The molecular formula is C20H19BrFN3O. The molecule has 0 radical (unpaired) electrons. The molecule has 1 aliphatic heterocycles. The van der Waals surface area contributed by atoms with Gasteiger partial charge in [0.2, 0.25) is 0 Å². The van der Waals surface area contributed by atoms with Crippen LogP contribution in [0, 0.1) is 5.82 Å². The SMILES string of the molecule is O=C(c1[nH]c2ccccc2c1Br)N1CCN(Cc2ccc(F)cc2)CC1. The molecule has 2 aromatic carbocycles. The fraction of sp³-hybridized carbons (Fsp3) is 0.250. The van der Waals surface area contributed by atoms with Crippen LogP contribution in [0.5, 0.6) is 0 Å². The van der Waals surface area contributed by atoms with Gasteiger partial charge in [-0.1, -0.05) is 30.3 Å². The molecule has 26 heavy (non-hydrogen) atoms. The molecule has 1 saturated heterocycles. The summed E-state index contributed by atoms with van der Waals surface area (Å²) in [6.45, 7) is 3.75. The van der Waals surface area contributed by atoms with Gasteiger partial charge in [0.1, 0.15) is 11.5 Å². The third-order valence-corrected chi connectivity index (χ3v) is 5.66. The summed E-state index contributed by atoms with van der Waals surface area (Å²) in [5.41, 5.74) is 2.65. The minimum atomic E-state index is -0.215. The number of fused-ring (bicyclic) bond motifs is 1. The maximum Gasteiger partial charge on any atom is 0.271 e. The summed E-state index contributed by atoms with van der Waals surface area (Å²) in [5, 5.41) is 1.02. The van der Waals surface area contributed by atoms with Crippen molar-refractivity contribution in [1.82, 2.24) is 14.8 Å². The van der Waals surface area contributed by atoms with E-state index in [2.05, 4.69) is 25.8 Å². The monoisotopic (exact) mass is 415 g/mol. The first-order chi connectivity index (χ1) is 12.6. The van der Waals surface area contributed by atoms with Gasteiger partial charge in [-0.25, -0.2) is 4.39 Å². The minimum Gasteiger partial charge on any atom is -0.350 e. The maximum absolute atomic E-state index is 13.0. The van der Waals surface area contributed by atoms with Gasteiger partial charge in [-0.15, -0.1) is 0 Å². The van der Waals surface area contributed by atoms with Crippen LogP contribution in [0.1, 0.15) is 16.1 Å². The molecule has 0 spiro atoms. The fourth-order valence-electron chi connectivity index (χ4n) is 3.37. The summed E-state index contributed by atoms with van der Waals surface area (Å²) in [5.74, 6) is -0.192. The molecule has 0 atom stereocenters. The van der Waals surface area contributed by atoms with Gasteiger partial charge in [0, 0.05) is 43.6 Å². The Morgan fingerprint density at radius 3 is 2.42 bits per heavy atom. The molecule has 0 saturated carbocycles. The van der Waals surface area contributed by atoms with Crippen LogP contribution in [0.25, 0.3) is 10.9 Å². The van der Waals surface area contributed by atoms with Gasteiger partial charge in [-0.2, -0.15) is 0 Å². The number of amides is 1. The van der Waals surface area contributed by atoms with Crippen molar-refractivity contribution in [3.63, 3.8) is 0 Å². The lowest BCUT2D eigenvalue weighted by Crippen LogP contribution is -2.48. The van der Waals surface area contributed by atoms with Crippen molar-refractivity contribution >= 4 is 32.7 Å². The number of H-pyrrole nitrogens is 1. The lowest BCUT2D eigenvalue weighted by molar-refractivity contribution is 0.0622. The number of nitrogens with zero attached hydrogens (tertiary/aromatic N) is 2. The molecule has 4 nitrogen and oxygen atoms in total. The Kier molecular flexibility index (Phi) is 4.78. The van der Waals surface area contributed by atoms with E-state index in [9.17, 15) is 9.18 Å². The lowest BCUT2D eigenvalue weighted by Gasteiger charge is -2.34. The average Bonchev–Trinajstić information content (AvgIpc) is 3.01. The van der Waals surface area contributed by atoms with E-state index in [0.717, 1.165) is 40.6 Å². The van der Waals surface area contributed by atoms with Gasteiger partial charge in [0.15, 0.2) is 0 Å². The predicted molar refractivity (Wildman–Crippen MR) is 104 cm³/mol. The number of nitrogens with one attached hydrogen (secondary N) is 1. The average molecular weight is 416 g/mol. The number of aromatic amines is 1. The summed E-state index contributed by atoms with van der Waals surface area (Å²) in [6.07, 6.45) is 0. The molecular weight excluding hydrogens is 397 g/mol. The van der Waals surface area contributed by atoms with Crippen molar-refractivity contribution in [2.45, 2.75) is 6.54 Å². The summed E-state index contributed by atoms with van der Waals surface area (Å²) in [6, 6.07) is 14.5. The van der Waals surface area contributed by atoms with Crippen LogP contribution in [0.15, 0.2) is 53.0 Å². The number of aromatic nitrogens is 1. The third-order valence-electron chi connectivity index (χ3n) is 4.84. The van der Waals surface area contributed by atoms with Crippen LogP contribution in [0.4, 0.5) is 4.39 Å². The van der Waals surface area contributed by atoms with Gasteiger partial charge < -0.3 is 9.88 Å². The van der Waals surface area contributed by atoms with Crippen molar-refractivity contribution < 1.29 is 9.18 Å². The van der Waals surface area contributed by atoms with Gasteiger partial charge in [0.25, 0.3) is 5.91 Å². The van der Waals surface area contributed by atoms with Crippen LogP contribution in [0.2, 0.25) is 0 Å². The number of piperazine rings is 1. The highest BCUT2D eigenvalue weighted by Gasteiger charge is 2.25. The first-order valence-electron chi connectivity index (χ1n) is 8.64. The molecule has 1 aliphatic rings. The van der Waals surface area contributed by atoms with E-state index in [-0.39, 0.29) is 11.7 Å². The molecule has 134 valence electrons. The quantitative estimate of drug-likeness (QED) is 0.701. The molecule has 0 aliphatic carbocycles. The van der Waals surface area contributed by atoms with Gasteiger partial charge in [-0.05, 0) is 39.7 Å². The lowest BCUT2D eigenvalue weighted by atomic mass is 10.2. The second-order valence-corrected chi connectivity index (χ2v) is 7.35. The molecule has 1 amide bonds. The number of benzene rings is 2. The number of para-hydroxylation sites is 1. The Morgan fingerprint density at radius 2 is 1.73 bits per heavy atom. The predicted octanol–water partition coefficient (Wildman–Crippen LogP) is 4.03. The van der Waals surface area contributed by atoms with Crippen LogP contribution >= 0.6 is 15.9 Å². The highest BCUT2D eigenvalue weighted by atomic mass is 79.9. The van der Waals surface area contributed by atoms with E-state index in [1.165, 1.54) is 12.1 Å². The molecule has 0 unspecified atom stereocenters. The first-order valence-corrected chi connectivity index (χ1v) is 9.43. The molecule has 1 aromatic heterocycles. The largest absolute Gasteiger partial charge is 0.350 e. The number of rotatable bonds is 3. The van der Waals surface area contributed by atoms with Crippen LogP contribution in [-0.4, -0.2) is 46.9 Å². The number of hydrogen-bond acceptors (Lipinski definition) is 2. The Labute approximate surface area is 159 Å². The van der Waals surface area contributed by atoms with E-state index in [1.807, 2.05) is 41.3 Å². The minimum absolute atomic E-state index is 0.0227. The maximum atomic E-state index is 13.0. The summed E-state index contributed by atoms with van der Waals surface area (Å²) >= 11 is 3.56.